The Morgan fingerprint density at radius 1 is 1.68 bits per heavy atom. The molecule has 0 aromatic heterocycles. The molecule has 0 saturated carbocycles. The van der Waals surface area contributed by atoms with Crippen LogP contribution in [0.5, 0.6) is 0 Å². The molecule has 1 atom stereocenters. The number of rotatable bonds is 3. The number of nitrogens with one attached hydrogen (secondary N) is 1. The molecule has 19 heavy (non-hydrogen) atoms. The Bertz CT molecular complexity index is 514. The number of likely N-dealkylation sites (N-methyl/N-ethyl adjacent to an activating group) is 1. The van der Waals surface area contributed by atoms with Crippen molar-refractivity contribution < 1.29 is 9.53 Å². The summed E-state index contributed by atoms with van der Waals surface area (Å²) in [4.78, 5) is 13.7. The minimum Gasteiger partial charge on any atom is -0.465 e. The van der Waals surface area contributed by atoms with Crippen LogP contribution in [0.4, 0.5) is 17.1 Å². The predicted octanol–water partition coefficient (Wildman–Crippen LogP) is 1.86. The van der Waals surface area contributed by atoms with E-state index in [1.54, 1.807) is 12.1 Å². The van der Waals surface area contributed by atoms with Gasteiger partial charge in [-0.2, -0.15) is 0 Å². The molecule has 0 fully saturated rings. The SMILES string of the molecule is C=CC[C@H]1CN(C)c2cc(C(=O)OC)cc(N)c2N1. The first-order valence-electron chi connectivity index (χ1n) is 6.17. The highest BCUT2D eigenvalue weighted by molar-refractivity contribution is 5.96. The zero-order valence-corrected chi connectivity index (χ0v) is 11.3. The van der Waals surface area contributed by atoms with E-state index in [0.29, 0.717) is 11.3 Å². The summed E-state index contributed by atoms with van der Waals surface area (Å²) in [6.45, 7) is 4.59. The number of hydrogen-bond acceptors (Lipinski definition) is 5. The van der Waals surface area contributed by atoms with Crippen LogP contribution in [0.1, 0.15) is 16.8 Å². The number of methoxy groups -OCH3 is 1. The van der Waals surface area contributed by atoms with E-state index in [1.807, 2.05) is 13.1 Å². The molecule has 1 aromatic carbocycles. The first-order chi connectivity index (χ1) is 9.06. The first-order valence-corrected chi connectivity index (χ1v) is 6.17. The van der Waals surface area contributed by atoms with Gasteiger partial charge in [0, 0.05) is 19.6 Å². The Balaban J connectivity index is 2.40. The molecular formula is C14H19N3O2. The van der Waals surface area contributed by atoms with Gasteiger partial charge in [0.1, 0.15) is 0 Å². The van der Waals surface area contributed by atoms with E-state index >= 15 is 0 Å². The van der Waals surface area contributed by atoms with Gasteiger partial charge in [-0.3, -0.25) is 0 Å². The molecule has 0 saturated heterocycles. The molecule has 0 amide bonds. The van der Waals surface area contributed by atoms with Crippen LogP contribution in [0, 0.1) is 0 Å². The number of carbonyl (C=O) groups excluding carboxylic acids is 1. The minimum atomic E-state index is -0.379. The number of fused-ring (bicyclic) bond motifs is 1. The topological polar surface area (TPSA) is 67.6 Å². The van der Waals surface area contributed by atoms with E-state index < -0.39 is 0 Å². The summed E-state index contributed by atoms with van der Waals surface area (Å²) in [6.07, 6.45) is 2.75. The van der Waals surface area contributed by atoms with Gasteiger partial charge in [-0.1, -0.05) is 6.08 Å². The van der Waals surface area contributed by atoms with Crippen LogP contribution in [0.15, 0.2) is 24.8 Å². The van der Waals surface area contributed by atoms with Gasteiger partial charge in [0.05, 0.1) is 29.7 Å². The number of hydrogen-bond donors (Lipinski definition) is 2. The minimum absolute atomic E-state index is 0.279. The lowest BCUT2D eigenvalue weighted by Gasteiger charge is -2.35. The molecule has 5 heteroatoms. The highest BCUT2D eigenvalue weighted by Crippen LogP contribution is 2.37. The quantitative estimate of drug-likeness (QED) is 0.494. The lowest BCUT2D eigenvalue weighted by Crippen LogP contribution is -2.39. The third-order valence-electron chi connectivity index (χ3n) is 3.27. The Morgan fingerprint density at radius 2 is 2.42 bits per heavy atom. The number of esters is 1. The summed E-state index contributed by atoms with van der Waals surface area (Å²) in [6, 6.07) is 3.72. The number of ether oxygens (including phenoxy) is 1. The molecule has 0 unspecified atom stereocenters. The zero-order valence-electron chi connectivity index (χ0n) is 11.3. The van der Waals surface area contributed by atoms with Crippen molar-refractivity contribution in [1.29, 1.82) is 0 Å². The number of benzene rings is 1. The van der Waals surface area contributed by atoms with Gasteiger partial charge in [-0.15, -0.1) is 6.58 Å². The predicted molar refractivity (Wildman–Crippen MR) is 77.7 cm³/mol. The van der Waals surface area contributed by atoms with Crippen molar-refractivity contribution in [2.75, 3.05) is 36.7 Å². The van der Waals surface area contributed by atoms with Gasteiger partial charge < -0.3 is 20.7 Å². The molecule has 0 bridgehead atoms. The van der Waals surface area contributed by atoms with E-state index in [9.17, 15) is 4.79 Å². The maximum absolute atomic E-state index is 11.6. The fourth-order valence-electron chi connectivity index (χ4n) is 2.36. The summed E-state index contributed by atoms with van der Waals surface area (Å²) >= 11 is 0. The number of nitrogens with zero attached hydrogens (tertiary/aromatic N) is 1. The molecule has 0 radical (unpaired) electrons. The highest BCUT2D eigenvalue weighted by Gasteiger charge is 2.24. The van der Waals surface area contributed by atoms with Crippen molar-refractivity contribution in [3.8, 4) is 0 Å². The van der Waals surface area contributed by atoms with Gasteiger partial charge in [-0.25, -0.2) is 4.79 Å². The van der Waals surface area contributed by atoms with Crippen molar-refractivity contribution in [3.05, 3.63) is 30.4 Å². The van der Waals surface area contributed by atoms with Crippen LogP contribution < -0.4 is 16.0 Å². The summed E-state index contributed by atoms with van der Waals surface area (Å²) in [7, 11) is 3.34. The maximum atomic E-state index is 11.6. The molecule has 2 rings (SSSR count). The van der Waals surface area contributed by atoms with Crippen LogP contribution in [0.25, 0.3) is 0 Å². The average Bonchev–Trinajstić information content (AvgIpc) is 2.39. The van der Waals surface area contributed by atoms with E-state index in [2.05, 4.69) is 16.8 Å². The van der Waals surface area contributed by atoms with Gasteiger partial charge >= 0.3 is 5.97 Å². The molecule has 3 N–H and O–H groups in total. The number of anilines is 3. The number of nitrogens with two attached hydrogens (primary N) is 1. The Morgan fingerprint density at radius 3 is 3.05 bits per heavy atom. The second kappa shape index (κ2) is 5.22. The normalized spacial score (nSPS) is 17.4. The fourth-order valence-corrected chi connectivity index (χ4v) is 2.36. The first kappa shape index (κ1) is 13.3. The van der Waals surface area contributed by atoms with E-state index in [1.165, 1.54) is 7.11 Å². The van der Waals surface area contributed by atoms with Crippen molar-refractivity contribution in [3.63, 3.8) is 0 Å². The largest absolute Gasteiger partial charge is 0.465 e. The van der Waals surface area contributed by atoms with Crippen molar-refractivity contribution >= 4 is 23.0 Å². The molecule has 1 aromatic rings. The monoisotopic (exact) mass is 261 g/mol. The molecule has 1 heterocycles. The van der Waals surface area contributed by atoms with Crippen LogP contribution >= 0.6 is 0 Å². The number of nitrogen functional groups attached to an aromatic ring is 1. The van der Waals surface area contributed by atoms with Crippen molar-refractivity contribution in [2.45, 2.75) is 12.5 Å². The molecule has 1 aliphatic rings. The lowest BCUT2D eigenvalue weighted by atomic mass is 10.0. The summed E-state index contributed by atoms with van der Waals surface area (Å²) in [5, 5.41) is 3.39. The summed E-state index contributed by atoms with van der Waals surface area (Å²) in [5.41, 5.74) is 8.84. The molecule has 5 nitrogen and oxygen atoms in total. The van der Waals surface area contributed by atoms with Crippen LogP contribution in [-0.4, -0.2) is 32.7 Å². The number of carbonyl (C=O) groups is 1. The summed E-state index contributed by atoms with van der Waals surface area (Å²) in [5.74, 6) is -0.379. The Labute approximate surface area is 113 Å². The zero-order chi connectivity index (χ0) is 14.0. The summed E-state index contributed by atoms with van der Waals surface area (Å²) < 4.78 is 4.73. The second-order valence-electron chi connectivity index (χ2n) is 4.70. The third-order valence-corrected chi connectivity index (χ3v) is 3.27. The van der Waals surface area contributed by atoms with Gasteiger partial charge in [0.25, 0.3) is 0 Å². The van der Waals surface area contributed by atoms with Gasteiger partial charge in [0.2, 0.25) is 0 Å². The van der Waals surface area contributed by atoms with E-state index in [-0.39, 0.29) is 12.0 Å². The van der Waals surface area contributed by atoms with Crippen LogP contribution in [-0.2, 0) is 4.74 Å². The lowest BCUT2D eigenvalue weighted by molar-refractivity contribution is 0.0601. The van der Waals surface area contributed by atoms with Gasteiger partial charge in [0.15, 0.2) is 0 Å². The standard InChI is InChI=1S/C14H19N3O2/c1-4-5-10-8-17(2)12-7-9(14(18)19-3)6-11(15)13(12)16-10/h4,6-7,10,16H,1,5,8,15H2,2-3H3/t10-/m0/s1. The maximum Gasteiger partial charge on any atom is 0.338 e. The average molecular weight is 261 g/mol. The van der Waals surface area contributed by atoms with E-state index in [0.717, 1.165) is 24.3 Å². The third kappa shape index (κ3) is 2.50. The van der Waals surface area contributed by atoms with Crippen molar-refractivity contribution in [1.82, 2.24) is 0 Å². The van der Waals surface area contributed by atoms with Crippen molar-refractivity contribution in [2.24, 2.45) is 0 Å². The van der Waals surface area contributed by atoms with Crippen LogP contribution in [0.2, 0.25) is 0 Å². The smallest absolute Gasteiger partial charge is 0.338 e. The highest BCUT2D eigenvalue weighted by atomic mass is 16.5. The van der Waals surface area contributed by atoms with Crippen LogP contribution in [0.3, 0.4) is 0 Å². The molecular weight excluding hydrogens is 242 g/mol. The Kier molecular flexibility index (Phi) is 3.64. The van der Waals surface area contributed by atoms with Gasteiger partial charge in [-0.05, 0) is 18.6 Å². The molecule has 0 aliphatic carbocycles. The van der Waals surface area contributed by atoms with E-state index in [4.69, 9.17) is 10.5 Å². The molecule has 1 aliphatic heterocycles. The Hall–Kier alpha value is -2.17. The molecule has 102 valence electrons. The fraction of sp³-hybridized carbons (Fsp3) is 0.357. The molecule has 0 spiro atoms. The second-order valence-corrected chi connectivity index (χ2v) is 4.70.